The minimum absolute atomic E-state index is 0.150. The summed E-state index contributed by atoms with van der Waals surface area (Å²) >= 11 is 1.28. The second kappa shape index (κ2) is 8.58. The molecule has 1 aromatic carbocycles. The van der Waals surface area contributed by atoms with Crippen molar-refractivity contribution in [3.63, 3.8) is 0 Å². The van der Waals surface area contributed by atoms with Crippen LogP contribution in [0.1, 0.15) is 32.5 Å². The summed E-state index contributed by atoms with van der Waals surface area (Å²) < 4.78 is 6.70. The fraction of sp³-hybridized carbons (Fsp3) is 0.438. The monoisotopic (exact) mass is 349 g/mol. The second-order valence-corrected chi connectivity index (χ2v) is 6.63. The molecule has 0 bridgehead atoms. The van der Waals surface area contributed by atoms with E-state index in [-0.39, 0.29) is 11.2 Å². The lowest BCUT2D eigenvalue weighted by molar-refractivity contribution is -0.115. The summed E-state index contributed by atoms with van der Waals surface area (Å²) in [4.78, 5) is 12.4. The lowest BCUT2D eigenvalue weighted by atomic mass is 10.2. The number of unbranched alkanes of at least 4 members (excludes halogenated alkanes) is 1. The van der Waals surface area contributed by atoms with Crippen molar-refractivity contribution in [1.29, 1.82) is 0 Å². The molecule has 24 heavy (non-hydrogen) atoms. The molecule has 1 amide bonds. The number of benzene rings is 1. The molecule has 0 aliphatic carbocycles. The molecular weight excluding hydrogens is 326 g/mol. The minimum atomic E-state index is -0.375. The zero-order chi connectivity index (χ0) is 17.5. The van der Waals surface area contributed by atoms with Crippen LogP contribution in [0.2, 0.25) is 0 Å². The van der Waals surface area contributed by atoms with Gasteiger partial charge in [-0.2, -0.15) is 0 Å². The second-order valence-electron chi connectivity index (χ2n) is 5.32. The number of ether oxygens (including phenoxy) is 1. The highest BCUT2D eigenvalue weighted by Gasteiger charge is 2.20. The summed E-state index contributed by atoms with van der Waals surface area (Å²) in [5.74, 6) is 7.21. The number of thioether (sulfide) groups is 1. The summed E-state index contributed by atoms with van der Waals surface area (Å²) in [5, 5.41) is 11.2. The molecule has 3 N–H and O–H groups in total. The molecule has 0 saturated heterocycles. The molecule has 0 aliphatic rings. The lowest BCUT2D eigenvalue weighted by Crippen LogP contribution is -2.24. The van der Waals surface area contributed by atoms with Gasteiger partial charge in [0.15, 0.2) is 5.82 Å². The molecule has 130 valence electrons. The van der Waals surface area contributed by atoms with Gasteiger partial charge in [-0.25, -0.2) is 4.68 Å². The molecule has 0 unspecified atom stereocenters. The van der Waals surface area contributed by atoms with E-state index >= 15 is 0 Å². The van der Waals surface area contributed by atoms with E-state index in [9.17, 15) is 4.79 Å². The average molecular weight is 349 g/mol. The Kier molecular flexibility index (Phi) is 6.48. The Balaban J connectivity index is 2.00. The van der Waals surface area contributed by atoms with Crippen LogP contribution in [0, 0.1) is 0 Å². The van der Waals surface area contributed by atoms with E-state index in [2.05, 4.69) is 22.4 Å². The van der Waals surface area contributed by atoms with E-state index in [1.807, 2.05) is 12.1 Å². The maximum atomic E-state index is 12.4. The molecule has 0 aliphatic heterocycles. The zero-order valence-corrected chi connectivity index (χ0v) is 15.0. The van der Waals surface area contributed by atoms with Crippen molar-refractivity contribution in [1.82, 2.24) is 14.9 Å². The molecule has 1 heterocycles. The number of amides is 1. The van der Waals surface area contributed by atoms with Crippen molar-refractivity contribution in [2.24, 2.45) is 0 Å². The molecule has 0 saturated carbocycles. The highest BCUT2D eigenvalue weighted by Crippen LogP contribution is 2.26. The van der Waals surface area contributed by atoms with Gasteiger partial charge in [0.05, 0.1) is 18.0 Å². The number of methoxy groups -OCH3 is 1. The van der Waals surface area contributed by atoms with Gasteiger partial charge in [0.2, 0.25) is 11.1 Å². The molecule has 0 fully saturated rings. The van der Waals surface area contributed by atoms with E-state index in [1.165, 1.54) is 16.4 Å². The third-order valence-corrected chi connectivity index (χ3v) is 4.56. The van der Waals surface area contributed by atoms with Crippen LogP contribution < -0.4 is 15.9 Å². The quantitative estimate of drug-likeness (QED) is 0.561. The van der Waals surface area contributed by atoms with E-state index < -0.39 is 0 Å². The third kappa shape index (κ3) is 4.41. The van der Waals surface area contributed by atoms with Gasteiger partial charge < -0.3 is 15.9 Å². The van der Waals surface area contributed by atoms with Gasteiger partial charge in [-0.15, -0.1) is 10.2 Å². The van der Waals surface area contributed by atoms with E-state index in [0.29, 0.717) is 16.6 Å². The normalized spacial score (nSPS) is 12.0. The van der Waals surface area contributed by atoms with E-state index in [0.717, 1.165) is 25.1 Å². The highest BCUT2D eigenvalue weighted by atomic mass is 32.2. The molecule has 2 aromatic rings. The summed E-state index contributed by atoms with van der Waals surface area (Å²) in [5.41, 5.74) is 0.635. The van der Waals surface area contributed by atoms with Crippen LogP contribution in [-0.4, -0.2) is 33.1 Å². The maximum Gasteiger partial charge on any atom is 0.237 e. The first-order valence-corrected chi connectivity index (χ1v) is 8.74. The number of nitrogens with one attached hydrogen (secondary N) is 1. The van der Waals surface area contributed by atoms with Gasteiger partial charge in [0.1, 0.15) is 5.75 Å². The number of aromatic nitrogens is 3. The zero-order valence-electron chi connectivity index (χ0n) is 14.2. The van der Waals surface area contributed by atoms with Crippen LogP contribution in [0.5, 0.6) is 5.75 Å². The number of rotatable bonds is 8. The van der Waals surface area contributed by atoms with Crippen LogP contribution in [0.3, 0.4) is 0 Å². The Morgan fingerprint density at radius 1 is 1.42 bits per heavy atom. The number of carbonyl (C=O) groups excluding carboxylic acids is 1. The smallest absolute Gasteiger partial charge is 0.237 e. The van der Waals surface area contributed by atoms with Gasteiger partial charge in [0.25, 0.3) is 0 Å². The molecule has 0 radical (unpaired) electrons. The van der Waals surface area contributed by atoms with Gasteiger partial charge >= 0.3 is 0 Å². The number of nitrogen functional groups attached to an aromatic ring is 1. The fourth-order valence-corrected chi connectivity index (χ4v) is 2.88. The number of nitrogens with zero attached hydrogens (tertiary/aromatic N) is 3. The number of aryl methyl sites for hydroxylation is 1. The van der Waals surface area contributed by atoms with Crippen LogP contribution in [0.4, 0.5) is 5.69 Å². The van der Waals surface area contributed by atoms with E-state index in [4.69, 9.17) is 10.6 Å². The number of hydrogen-bond acceptors (Lipinski definition) is 6. The first-order valence-electron chi connectivity index (χ1n) is 7.86. The van der Waals surface area contributed by atoms with Crippen LogP contribution >= 0.6 is 11.8 Å². The Labute approximate surface area is 145 Å². The predicted octanol–water partition coefficient (Wildman–Crippen LogP) is 2.46. The Morgan fingerprint density at radius 3 is 2.88 bits per heavy atom. The molecule has 2 rings (SSSR count). The first-order chi connectivity index (χ1) is 11.6. The van der Waals surface area contributed by atoms with Crippen molar-refractivity contribution >= 4 is 23.4 Å². The number of hydrogen-bond donors (Lipinski definition) is 2. The lowest BCUT2D eigenvalue weighted by Gasteiger charge is -2.13. The average Bonchev–Trinajstić information content (AvgIpc) is 2.93. The predicted molar refractivity (Wildman–Crippen MR) is 95.7 cm³/mol. The fourth-order valence-electron chi connectivity index (χ4n) is 2.09. The maximum absolute atomic E-state index is 12.4. The van der Waals surface area contributed by atoms with Crippen molar-refractivity contribution < 1.29 is 9.53 Å². The van der Waals surface area contributed by atoms with Crippen molar-refractivity contribution in [3.8, 4) is 5.75 Å². The van der Waals surface area contributed by atoms with Crippen LogP contribution in [-0.2, 0) is 11.2 Å². The molecule has 0 spiro atoms. The largest absolute Gasteiger partial charge is 0.495 e. The molecule has 8 heteroatoms. The molecular formula is C16H23N5O2S. The molecule has 7 nitrogen and oxygen atoms in total. The molecule has 1 aromatic heterocycles. The Hall–Kier alpha value is -2.22. The van der Waals surface area contributed by atoms with Crippen LogP contribution in [0.15, 0.2) is 29.4 Å². The van der Waals surface area contributed by atoms with Crippen molar-refractivity contribution in [3.05, 3.63) is 30.1 Å². The Morgan fingerprint density at radius 2 is 2.17 bits per heavy atom. The van der Waals surface area contributed by atoms with Crippen molar-refractivity contribution in [2.75, 3.05) is 18.3 Å². The van der Waals surface area contributed by atoms with Gasteiger partial charge in [-0.3, -0.25) is 4.79 Å². The standard InChI is InChI=1S/C16H23N5O2S/c1-4-5-10-14-19-20-16(21(14)17)24-11(2)15(22)18-12-8-6-7-9-13(12)23-3/h6-9,11H,4-5,10,17H2,1-3H3,(H,18,22)/t11-/m0/s1. The van der Waals surface area contributed by atoms with Gasteiger partial charge in [-0.1, -0.05) is 37.2 Å². The minimum Gasteiger partial charge on any atom is -0.495 e. The number of carbonyl (C=O) groups is 1. The van der Waals surface area contributed by atoms with Gasteiger partial charge in [0, 0.05) is 6.42 Å². The SMILES string of the molecule is CCCCc1nnc(S[C@@H](C)C(=O)Nc2ccccc2OC)n1N. The summed E-state index contributed by atoms with van der Waals surface area (Å²) in [6, 6.07) is 7.28. The highest BCUT2D eigenvalue weighted by molar-refractivity contribution is 8.00. The summed E-state index contributed by atoms with van der Waals surface area (Å²) in [6.45, 7) is 3.91. The van der Waals surface area contributed by atoms with Crippen molar-refractivity contribution in [2.45, 2.75) is 43.5 Å². The van der Waals surface area contributed by atoms with E-state index in [1.54, 1.807) is 26.2 Å². The molecule has 1 atom stereocenters. The number of anilines is 1. The number of nitrogens with two attached hydrogens (primary N) is 1. The van der Waals surface area contributed by atoms with Gasteiger partial charge in [-0.05, 0) is 25.5 Å². The third-order valence-electron chi connectivity index (χ3n) is 3.51. The topological polar surface area (TPSA) is 95.1 Å². The summed E-state index contributed by atoms with van der Waals surface area (Å²) in [7, 11) is 1.57. The first kappa shape index (κ1) is 18.1. The summed E-state index contributed by atoms with van der Waals surface area (Å²) in [6.07, 6.45) is 2.85. The Bertz CT molecular complexity index is 689. The number of para-hydroxylation sites is 2. The van der Waals surface area contributed by atoms with Crippen LogP contribution in [0.25, 0.3) is 0 Å².